The minimum Gasteiger partial charge on any atom is -0.396 e. The van der Waals surface area contributed by atoms with Gasteiger partial charge in [0.25, 0.3) is 0 Å². The highest BCUT2D eigenvalue weighted by atomic mass is 31.2. The molecule has 2 N–H and O–H groups in total. The van der Waals surface area contributed by atoms with E-state index in [1.165, 1.54) is 22.3 Å². The zero-order chi connectivity index (χ0) is 86.2. The highest BCUT2D eigenvalue weighted by molar-refractivity contribution is 7.43. The minimum atomic E-state index is -2.49. The van der Waals surface area contributed by atoms with Crippen LogP contribution in [0.25, 0.3) is 0 Å². The fourth-order valence-corrected chi connectivity index (χ4v) is 23.4. The SMILES string of the molecule is CCCCCC(C)(C)c1ccc(C2(C(C)(C)CO)OC3(c4ccc(C(C)(C)CCCCC)cc4C(C)(C)CCCCC)OP4OC5(O4)OC4(C(C)(C)CO)OP6OC(O6)(O4)C53C(c3ccc(C(C)(C)CCCCC)cc3C(C)(C)CCCCC)(c3ccc(C(C)(C)CCCCC)cc3C(C)(C)CCCCC)O2)c(C(C)(C)CCCCC)c1. The number of ether oxygens (including phenoxy) is 4. The van der Waals surface area contributed by atoms with Crippen molar-refractivity contribution < 1.29 is 56.3 Å². The van der Waals surface area contributed by atoms with Crippen LogP contribution >= 0.6 is 17.2 Å². The second-order valence-corrected chi connectivity index (χ2v) is 45.6. The van der Waals surface area contributed by atoms with Crippen molar-refractivity contribution in [1.82, 2.24) is 0 Å². The summed E-state index contributed by atoms with van der Waals surface area (Å²) in [6.45, 7) is 64.7. The lowest BCUT2D eigenvalue weighted by Crippen LogP contribution is -2.95. The Bertz CT molecular complexity index is 3840. The summed E-state index contributed by atoms with van der Waals surface area (Å²) in [5, 5.41) is 25.9. The molecule has 4 unspecified atom stereocenters. The van der Waals surface area contributed by atoms with E-state index in [0.717, 1.165) is 244 Å². The summed E-state index contributed by atoms with van der Waals surface area (Å²) >= 11 is 0. The normalized spacial score (nSPS) is 25.6. The van der Waals surface area contributed by atoms with Gasteiger partial charge in [0.15, 0.2) is 0 Å². The van der Waals surface area contributed by atoms with Crippen molar-refractivity contribution in [2.75, 3.05) is 13.2 Å². The van der Waals surface area contributed by atoms with Gasteiger partial charge in [-0.15, -0.1) is 0 Å². The molecule has 8 aliphatic rings. The first-order valence-corrected chi connectivity index (χ1v) is 49.4. The van der Waals surface area contributed by atoms with E-state index in [4.69, 9.17) is 36.6 Å². The summed E-state index contributed by atoms with van der Waals surface area (Å²) in [5.74, 6) is -11.5. The van der Waals surface area contributed by atoms with Crippen LogP contribution in [0.1, 0.15) is 466 Å². The van der Waals surface area contributed by atoms with Gasteiger partial charge in [-0.2, -0.15) is 0 Å². The molecule has 0 aromatic heterocycles. The van der Waals surface area contributed by atoms with Crippen molar-refractivity contribution in [2.24, 2.45) is 16.2 Å². The average molecular weight is 1660 g/mol. The Kier molecular flexibility index (Phi) is 30.2. The van der Waals surface area contributed by atoms with Crippen LogP contribution in [0.3, 0.4) is 0 Å². The summed E-state index contributed by atoms with van der Waals surface area (Å²) < 4.78 is 83.9. The summed E-state index contributed by atoms with van der Waals surface area (Å²) in [5.41, 5.74) is 1.31. The van der Waals surface area contributed by atoms with Crippen molar-refractivity contribution >= 4 is 17.2 Å². The molecular formula is C103H166O12P2. The van der Waals surface area contributed by atoms with Crippen LogP contribution in [0, 0.1) is 16.2 Å². The Balaban J connectivity index is 1.62. The molecule has 4 aromatic rings. The summed E-state index contributed by atoms with van der Waals surface area (Å²) in [4.78, 5) is 0. The molecule has 117 heavy (non-hydrogen) atoms. The number of benzene rings is 4. The van der Waals surface area contributed by atoms with Crippen LogP contribution < -0.4 is 0 Å². The van der Waals surface area contributed by atoms with Crippen molar-refractivity contribution in [2.45, 2.75) is 478 Å². The van der Waals surface area contributed by atoms with Gasteiger partial charge >= 0.3 is 35.1 Å². The van der Waals surface area contributed by atoms with Crippen LogP contribution in [0.2, 0.25) is 0 Å². The van der Waals surface area contributed by atoms with Gasteiger partial charge in [-0.1, -0.05) is 407 Å². The molecule has 4 aromatic carbocycles. The van der Waals surface area contributed by atoms with E-state index in [9.17, 15) is 19.7 Å². The van der Waals surface area contributed by atoms with E-state index in [1.807, 2.05) is 13.8 Å². The Hall–Kier alpha value is -2.74. The van der Waals surface area contributed by atoms with E-state index in [0.29, 0.717) is 5.56 Å². The van der Waals surface area contributed by atoms with Crippen LogP contribution in [-0.2, 0) is 107 Å². The number of rotatable bonds is 48. The number of aliphatic hydroxyl groups excluding tert-OH is 2. The fraction of sp³-hybridized carbons (Fsp3) is 0.767. The van der Waals surface area contributed by atoms with Gasteiger partial charge in [-0.05, 0) is 164 Å². The average Bonchev–Trinajstić information content (AvgIpc) is 0.598. The second-order valence-electron chi connectivity index (χ2n) is 43.6. The van der Waals surface area contributed by atoms with E-state index < -0.39 is 103 Å². The maximum Gasteiger partial charge on any atom is 0.346 e. The van der Waals surface area contributed by atoms with Crippen molar-refractivity contribution in [3.63, 3.8) is 0 Å². The van der Waals surface area contributed by atoms with Gasteiger partial charge in [0, 0.05) is 16.5 Å². The van der Waals surface area contributed by atoms with Crippen LogP contribution in [0.5, 0.6) is 0 Å². The van der Waals surface area contributed by atoms with Crippen molar-refractivity contribution in [3.8, 4) is 0 Å². The third-order valence-electron chi connectivity index (χ3n) is 29.6. The first kappa shape index (κ1) is 96.5. The topological polar surface area (TPSA) is 133 Å². The zero-order valence-corrected chi connectivity index (χ0v) is 81.1. The molecule has 8 fully saturated rings. The first-order valence-electron chi connectivity index (χ1n) is 47.2. The Morgan fingerprint density at radius 2 is 0.530 bits per heavy atom. The molecule has 4 atom stereocenters. The van der Waals surface area contributed by atoms with E-state index in [1.54, 1.807) is 0 Å². The predicted octanol–water partition coefficient (Wildman–Crippen LogP) is 30.2. The molecular weight excluding hydrogens is 1490 g/mol. The van der Waals surface area contributed by atoms with Gasteiger partial charge in [0.2, 0.25) is 17.0 Å². The van der Waals surface area contributed by atoms with Crippen LogP contribution in [0.15, 0.2) is 72.8 Å². The molecule has 14 heteroatoms. The molecule has 12 nitrogen and oxygen atoms in total. The van der Waals surface area contributed by atoms with Crippen LogP contribution in [-0.4, -0.2) is 41.3 Å². The summed E-state index contributed by atoms with van der Waals surface area (Å²) in [6, 6.07) is 29.2. The molecule has 0 aliphatic carbocycles. The molecule has 3 spiro atoms. The van der Waals surface area contributed by atoms with Gasteiger partial charge in [0.05, 0.1) is 18.6 Å². The number of hydrogen-bond donors (Lipinski definition) is 2. The maximum absolute atomic E-state index is 13.7. The molecule has 0 amide bonds. The molecule has 8 saturated heterocycles. The largest absolute Gasteiger partial charge is 0.396 e. The van der Waals surface area contributed by atoms with Crippen molar-refractivity contribution in [3.05, 3.63) is 140 Å². The predicted molar refractivity (Wildman–Crippen MR) is 484 cm³/mol. The van der Waals surface area contributed by atoms with E-state index in [2.05, 4.69) is 253 Å². The standard InChI is InChI=1S/C103H166O12P2/c1-29-37-45-61-87(9,10)75-53-57-79(83(69-75)91(17,18)65-49-41-33-5)97(80-58-54-76(88(11,12)62-46-38-30-2)70-84(80)92(19,20)66-50-42-34-6)100-99(82-60-56-78(90(15,16)64-48-40-32-4)72-86(82)94(23,24)68-52-44-36-8,110-116-112-102(100,113-116)108-101(96(27,28)74-105)109-103(100)114-117(111-101)115-103)107-98(106-97,95(25,26)73-104)81-59-55-77(89(13,14)63-47-39-31-3)71-85(81)93(21,22)67-51-43-35-7/h53-60,69-72,104-105H,29-52,61-68,73-74H2,1-28H3. The van der Waals surface area contributed by atoms with Gasteiger partial charge in [0.1, 0.15) is 5.60 Å². The highest BCUT2D eigenvalue weighted by Gasteiger charge is 3.05. The fourth-order valence-electron chi connectivity index (χ4n) is 20.8. The first-order chi connectivity index (χ1) is 54.8. The smallest absolute Gasteiger partial charge is 0.346 e. The minimum absolute atomic E-state index is 0.244. The monoisotopic (exact) mass is 1660 g/mol. The number of unbranched alkanes of at least 4 members (excludes halogenated alkanes) is 16. The third-order valence-corrected chi connectivity index (χ3v) is 31.9. The number of hydrogen-bond acceptors (Lipinski definition) is 12. The van der Waals surface area contributed by atoms with Gasteiger partial charge in [-0.25, -0.2) is 0 Å². The van der Waals surface area contributed by atoms with Gasteiger partial charge < -0.3 is 19.7 Å². The van der Waals surface area contributed by atoms with Crippen molar-refractivity contribution in [1.29, 1.82) is 0 Å². The Morgan fingerprint density at radius 1 is 0.274 bits per heavy atom. The summed E-state index contributed by atoms with van der Waals surface area (Å²) in [6.07, 6.45) is 32.7. The molecule has 0 radical (unpaired) electrons. The Labute approximate surface area is 716 Å². The maximum atomic E-state index is 13.7. The lowest BCUT2D eigenvalue weighted by molar-refractivity contribution is -0.736. The third kappa shape index (κ3) is 17.5. The van der Waals surface area contributed by atoms with E-state index >= 15 is 0 Å². The highest BCUT2D eigenvalue weighted by Crippen LogP contribution is 2.94. The molecule has 660 valence electrons. The quantitative estimate of drug-likeness (QED) is 0.0322. The molecule has 5 bridgehead atoms. The van der Waals surface area contributed by atoms with Gasteiger partial charge in [-0.3, -0.25) is 36.6 Å². The zero-order valence-electron chi connectivity index (χ0n) is 79.3. The molecule has 8 heterocycles. The molecule has 0 saturated carbocycles. The molecule has 8 aliphatic heterocycles. The lowest BCUT2D eigenvalue weighted by atomic mass is 9.50. The van der Waals surface area contributed by atoms with E-state index in [-0.39, 0.29) is 21.7 Å². The Morgan fingerprint density at radius 3 is 0.821 bits per heavy atom. The second kappa shape index (κ2) is 36.7. The molecule has 12 rings (SSSR count). The van der Waals surface area contributed by atoms with Crippen LogP contribution in [0.4, 0.5) is 0 Å². The lowest BCUT2D eigenvalue weighted by Gasteiger charge is -2.82. The summed E-state index contributed by atoms with van der Waals surface area (Å²) in [7, 11) is -4.87. The number of aliphatic hydroxyl groups is 2.